The van der Waals surface area contributed by atoms with Gasteiger partial charge >= 0.3 is 12.1 Å². The van der Waals surface area contributed by atoms with E-state index in [-0.39, 0.29) is 6.42 Å². The molecule has 2 heterocycles. The van der Waals surface area contributed by atoms with Crippen LogP contribution in [0.15, 0.2) is 54.7 Å². The summed E-state index contributed by atoms with van der Waals surface area (Å²) in [5.41, 5.74) is 1.57. The molecule has 0 fully saturated rings. The van der Waals surface area contributed by atoms with Crippen molar-refractivity contribution in [3.8, 4) is 11.3 Å². The van der Waals surface area contributed by atoms with Crippen LogP contribution in [0.1, 0.15) is 22.6 Å². The molecule has 0 aliphatic heterocycles. The number of benzene rings is 2. The lowest BCUT2D eigenvalue weighted by Crippen LogP contribution is -2.04. The number of hydrogen-bond acceptors (Lipinski definition) is 4. The van der Waals surface area contributed by atoms with E-state index in [4.69, 9.17) is 0 Å². The lowest BCUT2D eigenvalue weighted by molar-refractivity contribution is -0.137. The third-order valence-corrected chi connectivity index (χ3v) is 5.67. The highest BCUT2D eigenvalue weighted by molar-refractivity contribution is 7.19. The van der Waals surface area contributed by atoms with Crippen LogP contribution < -0.4 is 0 Å². The number of halogens is 3. The molecule has 2 aromatic carbocycles. The standard InChI is InChI=1S/C22H16F3N3O2S/c1-28-12-15(20(27-28)13-5-4-6-16(10-13)22(23,24)25)9-14(11-19(29)30)21-26-17-7-2-3-8-18(17)31-21/h2-10,12H,11H2,1H3,(H,29,30)/b14-9+. The SMILES string of the molecule is Cn1cc(/C=C(\CC(=O)O)c2nc3ccccc3s2)c(-c2cccc(C(F)(F)F)c2)n1. The predicted octanol–water partition coefficient (Wildman–Crippen LogP) is 5.73. The highest BCUT2D eigenvalue weighted by atomic mass is 32.1. The molecular formula is C22H16F3N3O2S. The van der Waals surface area contributed by atoms with E-state index in [0.717, 1.165) is 22.3 Å². The first kappa shape index (κ1) is 20.8. The smallest absolute Gasteiger partial charge is 0.416 e. The zero-order valence-corrected chi connectivity index (χ0v) is 17.0. The topological polar surface area (TPSA) is 68.0 Å². The quantitative estimate of drug-likeness (QED) is 0.428. The lowest BCUT2D eigenvalue weighted by Gasteiger charge is -2.08. The van der Waals surface area contributed by atoms with Crippen LogP contribution in [0, 0.1) is 0 Å². The van der Waals surface area contributed by atoms with Gasteiger partial charge in [-0.2, -0.15) is 18.3 Å². The second kappa shape index (κ2) is 7.99. The minimum absolute atomic E-state index is 0.281. The summed E-state index contributed by atoms with van der Waals surface area (Å²) in [6.45, 7) is 0. The summed E-state index contributed by atoms with van der Waals surface area (Å²) in [5, 5.41) is 14.3. The van der Waals surface area contributed by atoms with Crippen molar-refractivity contribution >= 4 is 39.2 Å². The van der Waals surface area contributed by atoms with Crippen molar-refractivity contribution < 1.29 is 23.1 Å². The zero-order valence-electron chi connectivity index (χ0n) is 16.2. The number of thiazole rings is 1. The first-order chi connectivity index (χ1) is 14.7. The minimum Gasteiger partial charge on any atom is -0.481 e. The number of aryl methyl sites for hydroxylation is 1. The highest BCUT2D eigenvalue weighted by Crippen LogP contribution is 2.35. The van der Waals surface area contributed by atoms with E-state index in [9.17, 15) is 23.1 Å². The highest BCUT2D eigenvalue weighted by Gasteiger charge is 2.30. The van der Waals surface area contributed by atoms with Crippen molar-refractivity contribution in [3.63, 3.8) is 0 Å². The number of carbonyl (C=O) groups is 1. The van der Waals surface area contributed by atoms with Gasteiger partial charge in [0, 0.05) is 24.4 Å². The normalized spacial score (nSPS) is 12.5. The van der Waals surface area contributed by atoms with Gasteiger partial charge in [-0.3, -0.25) is 9.48 Å². The van der Waals surface area contributed by atoms with Crippen LogP contribution in [0.5, 0.6) is 0 Å². The number of alkyl halides is 3. The summed E-state index contributed by atoms with van der Waals surface area (Å²) in [7, 11) is 1.66. The number of hydrogen-bond donors (Lipinski definition) is 1. The largest absolute Gasteiger partial charge is 0.481 e. The average Bonchev–Trinajstić information content (AvgIpc) is 3.30. The Hall–Kier alpha value is -3.46. The van der Waals surface area contributed by atoms with Crippen LogP contribution in [0.25, 0.3) is 33.1 Å². The van der Waals surface area contributed by atoms with Gasteiger partial charge in [-0.25, -0.2) is 4.98 Å². The summed E-state index contributed by atoms with van der Waals surface area (Å²) in [4.78, 5) is 16.0. The van der Waals surface area contributed by atoms with E-state index >= 15 is 0 Å². The molecule has 31 heavy (non-hydrogen) atoms. The Kier molecular flexibility index (Phi) is 5.36. The Morgan fingerprint density at radius 3 is 2.68 bits per heavy atom. The molecule has 0 radical (unpaired) electrons. The lowest BCUT2D eigenvalue weighted by atomic mass is 10.0. The zero-order chi connectivity index (χ0) is 22.2. The van der Waals surface area contributed by atoms with Crippen molar-refractivity contribution in [2.75, 3.05) is 0 Å². The van der Waals surface area contributed by atoms with Crippen LogP contribution in [0.4, 0.5) is 13.2 Å². The van der Waals surface area contributed by atoms with Crippen molar-refractivity contribution in [1.82, 2.24) is 14.8 Å². The molecule has 5 nitrogen and oxygen atoms in total. The van der Waals surface area contributed by atoms with Gasteiger partial charge in [0.2, 0.25) is 0 Å². The maximum Gasteiger partial charge on any atom is 0.416 e. The third-order valence-electron chi connectivity index (χ3n) is 4.56. The van der Waals surface area contributed by atoms with Gasteiger partial charge in [-0.1, -0.05) is 24.3 Å². The predicted molar refractivity (Wildman–Crippen MR) is 113 cm³/mol. The molecule has 0 saturated heterocycles. The Bertz CT molecular complexity index is 1270. The van der Waals surface area contributed by atoms with E-state index in [1.807, 2.05) is 24.3 Å². The number of aromatic nitrogens is 3. The Morgan fingerprint density at radius 1 is 1.19 bits per heavy atom. The van der Waals surface area contributed by atoms with Gasteiger partial charge in [-0.05, 0) is 35.9 Å². The third kappa shape index (κ3) is 4.51. The van der Waals surface area contributed by atoms with E-state index in [1.54, 1.807) is 25.4 Å². The Balaban J connectivity index is 1.83. The number of aliphatic carboxylic acids is 1. The first-order valence-electron chi connectivity index (χ1n) is 9.20. The summed E-state index contributed by atoms with van der Waals surface area (Å²) in [6.07, 6.45) is -1.48. The van der Waals surface area contributed by atoms with Gasteiger partial charge in [0.15, 0.2) is 0 Å². The van der Waals surface area contributed by atoms with E-state index in [0.29, 0.717) is 27.4 Å². The molecule has 1 N–H and O–H groups in total. The molecule has 2 aromatic heterocycles. The fraction of sp³-hybridized carbons (Fsp3) is 0.136. The summed E-state index contributed by atoms with van der Waals surface area (Å²) in [6, 6.07) is 12.4. The molecule has 158 valence electrons. The number of carboxylic acids is 1. The van der Waals surface area contributed by atoms with Gasteiger partial charge in [0.25, 0.3) is 0 Å². The van der Waals surface area contributed by atoms with Gasteiger partial charge in [0.05, 0.1) is 27.9 Å². The van der Waals surface area contributed by atoms with E-state index in [2.05, 4.69) is 10.1 Å². The van der Waals surface area contributed by atoms with Crippen molar-refractivity contribution in [3.05, 3.63) is 70.9 Å². The monoisotopic (exact) mass is 443 g/mol. The Labute approximate surface area is 179 Å². The average molecular weight is 443 g/mol. The molecule has 9 heteroatoms. The van der Waals surface area contributed by atoms with Crippen LogP contribution in [0.2, 0.25) is 0 Å². The molecule has 4 aromatic rings. The van der Waals surface area contributed by atoms with E-state index in [1.165, 1.54) is 22.1 Å². The molecule has 0 aliphatic carbocycles. The summed E-state index contributed by atoms with van der Waals surface area (Å²) in [5.74, 6) is -1.03. The van der Waals surface area contributed by atoms with Crippen molar-refractivity contribution in [2.24, 2.45) is 7.05 Å². The molecule has 4 rings (SSSR count). The number of rotatable bonds is 5. The van der Waals surface area contributed by atoms with Gasteiger partial charge in [0.1, 0.15) is 5.01 Å². The molecule has 0 unspecified atom stereocenters. The molecule has 0 spiro atoms. The number of para-hydroxylation sites is 1. The second-order valence-corrected chi connectivity index (χ2v) is 7.94. The first-order valence-corrected chi connectivity index (χ1v) is 10.0. The fourth-order valence-electron chi connectivity index (χ4n) is 3.23. The van der Waals surface area contributed by atoms with Crippen molar-refractivity contribution in [1.29, 1.82) is 0 Å². The minimum atomic E-state index is -4.48. The van der Waals surface area contributed by atoms with Gasteiger partial charge in [-0.15, -0.1) is 11.3 Å². The van der Waals surface area contributed by atoms with Crippen LogP contribution >= 0.6 is 11.3 Å². The van der Waals surface area contributed by atoms with Crippen molar-refractivity contribution in [2.45, 2.75) is 12.6 Å². The van der Waals surface area contributed by atoms with Gasteiger partial charge < -0.3 is 5.11 Å². The number of nitrogens with zero attached hydrogens (tertiary/aromatic N) is 3. The molecular weight excluding hydrogens is 427 g/mol. The molecule has 0 bridgehead atoms. The van der Waals surface area contributed by atoms with Crippen LogP contribution in [0.3, 0.4) is 0 Å². The molecule has 0 atom stereocenters. The maximum absolute atomic E-state index is 13.2. The fourth-order valence-corrected chi connectivity index (χ4v) is 4.21. The number of carboxylic acid groups (broad SMARTS) is 1. The second-order valence-electron chi connectivity index (χ2n) is 6.91. The number of fused-ring (bicyclic) bond motifs is 1. The molecule has 0 amide bonds. The molecule has 0 saturated carbocycles. The van der Waals surface area contributed by atoms with Crippen LogP contribution in [-0.4, -0.2) is 25.8 Å². The summed E-state index contributed by atoms with van der Waals surface area (Å²) >= 11 is 1.36. The van der Waals surface area contributed by atoms with Crippen LogP contribution in [-0.2, 0) is 18.0 Å². The molecule has 0 aliphatic rings. The maximum atomic E-state index is 13.2. The summed E-state index contributed by atoms with van der Waals surface area (Å²) < 4.78 is 41.9. The van der Waals surface area contributed by atoms with E-state index < -0.39 is 17.7 Å². The Morgan fingerprint density at radius 2 is 1.97 bits per heavy atom.